The van der Waals surface area contributed by atoms with Crippen LogP contribution in [0.5, 0.6) is 0 Å². The molecule has 2 aliphatic rings. The van der Waals surface area contributed by atoms with Crippen LogP contribution in [0, 0.1) is 0 Å². The molecule has 4 N–H and O–H groups in total. The van der Waals surface area contributed by atoms with E-state index in [1.165, 1.54) is 0 Å². The summed E-state index contributed by atoms with van der Waals surface area (Å²) < 4.78 is 50.4. The first kappa shape index (κ1) is 30.3. The van der Waals surface area contributed by atoms with Crippen molar-refractivity contribution in [2.24, 2.45) is 5.73 Å². The average Bonchev–Trinajstić information content (AvgIpc) is 3.05. The van der Waals surface area contributed by atoms with Crippen LogP contribution in [0.25, 0.3) is 0 Å². The molecule has 0 aliphatic carbocycles. The van der Waals surface area contributed by atoms with Crippen molar-refractivity contribution >= 4 is 32.8 Å². The van der Waals surface area contributed by atoms with Crippen molar-refractivity contribution in [2.45, 2.75) is 109 Å². The molecular formula is C22H45N3O7SSi2. The Bertz CT molecular complexity index is 942. The number of rotatable bonds is 7. The van der Waals surface area contributed by atoms with Gasteiger partial charge in [-0.05, 0) is 43.2 Å². The van der Waals surface area contributed by atoms with E-state index in [9.17, 15) is 13.2 Å². The zero-order valence-electron chi connectivity index (χ0n) is 23.1. The minimum atomic E-state index is -4.09. The highest BCUT2D eigenvalue weighted by Gasteiger charge is 2.67. The van der Waals surface area contributed by atoms with Gasteiger partial charge in [0.2, 0.25) is 0 Å². The molecule has 4 atom stereocenters. The van der Waals surface area contributed by atoms with Gasteiger partial charge in [-0.15, -0.1) is 0 Å². The smallest absolute Gasteiger partial charge is 0.316 e. The maximum absolute atomic E-state index is 12.6. The predicted octanol–water partition coefficient (Wildman–Crippen LogP) is 3.34. The fourth-order valence-corrected chi connectivity index (χ4v) is 6.99. The number of carbonyl (C=O) groups excluding carboxylic acids is 1. The molecule has 4 unspecified atom stereocenters. The molecule has 2 amide bonds. The van der Waals surface area contributed by atoms with Gasteiger partial charge in [0, 0.05) is 6.54 Å². The normalized spacial score (nSPS) is 29.3. The van der Waals surface area contributed by atoms with Crippen LogP contribution in [0.4, 0.5) is 4.79 Å². The molecule has 204 valence electrons. The summed E-state index contributed by atoms with van der Waals surface area (Å²) in [6.07, 6.45) is -2.94. The van der Waals surface area contributed by atoms with Crippen molar-refractivity contribution in [3.63, 3.8) is 0 Å². The van der Waals surface area contributed by atoms with Crippen molar-refractivity contribution in [2.75, 3.05) is 13.2 Å². The number of carbonyl (C=O) groups is 1. The van der Waals surface area contributed by atoms with E-state index in [4.69, 9.17) is 23.5 Å². The number of nitrogens with two attached hydrogens (primary N) is 1. The van der Waals surface area contributed by atoms with Gasteiger partial charge < -0.3 is 30.0 Å². The summed E-state index contributed by atoms with van der Waals surface area (Å²) in [4.78, 5) is 12.5. The molecule has 0 aromatic rings. The molecule has 2 heterocycles. The quantitative estimate of drug-likeness (QED) is 0.323. The maximum atomic E-state index is 12.6. The van der Waals surface area contributed by atoms with Crippen LogP contribution in [0.15, 0.2) is 11.1 Å². The number of ether oxygens (including phenoxy) is 1. The first-order valence-electron chi connectivity index (χ1n) is 12.0. The van der Waals surface area contributed by atoms with Gasteiger partial charge in [0.25, 0.3) is 10.1 Å². The van der Waals surface area contributed by atoms with E-state index in [1.807, 2.05) is 13.1 Å². The highest BCUT2D eigenvalue weighted by Crippen LogP contribution is 2.49. The molecule has 0 bridgehead atoms. The summed E-state index contributed by atoms with van der Waals surface area (Å²) >= 11 is 0. The van der Waals surface area contributed by atoms with Crippen molar-refractivity contribution in [3.05, 3.63) is 11.1 Å². The van der Waals surface area contributed by atoms with E-state index in [0.717, 1.165) is 5.41 Å². The Morgan fingerprint density at radius 1 is 1.11 bits per heavy atom. The Hall–Kier alpha value is -0.966. The van der Waals surface area contributed by atoms with Gasteiger partial charge in [0.05, 0.1) is 17.7 Å². The summed E-state index contributed by atoms with van der Waals surface area (Å²) in [6.45, 7) is 23.0. The van der Waals surface area contributed by atoms with E-state index < -0.39 is 56.8 Å². The highest BCUT2D eigenvalue weighted by atomic mass is 32.2. The second-order valence-electron chi connectivity index (χ2n) is 12.4. The summed E-state index contributed by atoms with van der Waals surface area (Å²) in [5.74, 6) is 0. The monoisotopic (exact) mass is 551 g/mol. The summed E-state index contributed by atoms with van der Waals surface area (Å²) in [7, 11) is -8.84. The Balaban J connectivity index is 2.57. The van der Waals surface area contributed by atoms with Crippen LogP contribution in [0.3, 0.4) is 0 Å². The molecule has 1 spiro atoms. The van der Waals surface area contributed by atoms with E-state index in [0.29, 0.717) is 6.54 Å². The minimum Gasteiger partial charge on any atom is -0.414 e. The Labute approximate surface area is 213 Å². The van der Waals surface area contributed by atoms with Gasteiger partial charge in [0.1, 0.15) is 12.2 Å². The Morgan fingerprint density at radius 2 is 1.66 bits per heavy atom. The molecule has 0 aromatic carbocycles. The summed E-state index contributed by atoms with van der Waals surface area (Å²) in [5.41, 5.74) is 4.69. The standard InChI is InChI=1S/C22H45N3O7SSi2/c1-12-24-19(26)25-18-17(31-35(10,11)21(5,6)7)22(15(23)14-33(27,28)32-22)16(30-18)13-29-34(8,9)20(2,3)4/h14,16-18H,12-13,23H2,1-11H3,(H2,24,25,26). The second kappa shape index (κ2) is 9.73. The molecule has 13 heteroatoms. The van der Waals surface area contributed by atoms with Gasteiger partial charge >= 0.3 is 6.03 Å². The molecule has 1 saturated heterocycles. The van der Waals surface area contributed by atoms with Crippen molar-refractivity contribution in [1.82, 2.24) is 10.6 Å². The molecule has 0 radical (unpaired) electrons. The van der Waals surface area contributed by atoms with Crippen molar-refractivity contribution < 1.29 is 31.0 Å². The predicted molar refractivity (Wildman–Crippen MR) is 141 cm³/mol. The average molecular weight is 552 g/mol. The molecule has 10 nitrogen and oxygen atoms in total. The molecule has 1 fully saturated rings. The van der Waals surface area contributed by atoms with Crippen molar-refractivity contribution in [3.8, 4) is 0 Å². The zero-order valence-corrected chi connectivity index (χ0v) is 25.9. The van der Waals surface area contributed by atoms with Crippen LogP contribution >= 0.6 is 0 Å². The number of hydrogen-bond acceptors (Lipinski definition) is 8. The van der Waals surface area contributed by atoms with Crippen LogP contribution in [0.1, 0.15) is 48.5 Å². The Morgan fingerprint density at radius 3 is 2.09 bits per heavy atom. The minimum absolute atomic E-state index is 0.0229. The SMILES string of the molecule is CCNC(=O)NC1OC(CO[Si](C)(C)C(C)(C)C)C2(OS(=O)(=O)C=C2N)C1O[Si](C)(C)C(C)(C)C. The maximum Gasteiger partial charge on any atom is 0.316 e. The number of nitrogens with one attached hydrogen (secondary N) is 2. The van der Waals surface area contributed by atoms with Crippen LogP contribution in [0.2, 0.25) is 36.3 Å². The number of hydrogen-bond donors (Lipinski definition) is 3. The third-order valence-corrected chi connectivity index (χ3v) is 17.7. The third-order valence-electron chi connectivity index (χ3n) is 7.70. The van der Waals surface area contributed by atoms with Crippen LogP contribution in [-0.2, 0) is 27.9 Å². The fraction of sp³-hybridized carbons (Fsp3) is 0.864. The van der Waals surface area contributed by atoms with E-state index in [1.54, 1.807) is 6.92 Å². The molecule has 2 aliphatic heterocycles. The molecule has 0 saturated carbocycles. The van der Waals surface area contributed by atoms with Crippen molar-refractivity contribution in [1.29, 1.82) is 0 Å². The lowest BCUT2D eigenvalue weighted by molar-refractivity contribution is -0.0420. The summed E-state index contributed by atoms with van der Waals surface area (Å²) in [5, 5.41) is 6.08. The Kier molecular flexibility index (Phi) is 8.41. The highest BCUT2D eigenvalue weighted by molar-refractivity contribution is 7.90. The third kappa shape index (κ3) is 6.13. The molecule has 35 heavy (non-hydrogen) atoms. The molecule has 2 rings (SSSR count). The molecule has 0 aromatic heterocycles. The van der Waals surface area contributed by atoms with Gasteiger partial charge in [0.15, 0.2) is 28.5 Å². The number of urea groups is 1. The number of amides is 2. The largest absolute Gasteiger partial charge is 0.414 e. The lowest BCUT2D eigenvalue weighted by Gasteiger charge is -2.43. The molecular weight excluding hydrogens is 506 g/mol. The van der Waals surface area contributed by atoms with Crippen LogP contribution in [-0.4, -0.2) is 68.3 Å². The lowest BCUT2D eigenvalue weighted by Crippen LogP contribution is -2.61. The van der Waals surface area contributed by atoms with Gasteiger partial charge in [-0.25, -0.2) is 8.98 Å². The lowest BCUT2D eigenvalue weighted by atomic mass is 9.89. The van der Waals surface area contributed by atoms with Gasteiger partial charge in [-0.3, -0.25) is 0 Å². The van der Waals surface area contributed by atoms with E-state index in [2.05, 4.69) is 65.3 Å². The zero-order chi connectivity index (χ0) is 27.3. The fourth-order valence-electron chi connectivity index (χ4n) is 3.48. The van der Waals surface area contributed by atoms with E-state index >= 15 is 0 Å². The van der Waals surface area contributed by atoms with Gasteiger partial charge in [-0.1, -0.05) is 41.5 Å². The van der Waals surface area contributed by atoms with E-state index in [-0.39, 0.29) is 22.4 Å². The van der Waals surface area contributed by atoms with Gasteiger partial charge in [-0.2, -0.15) is 8.42 Å². The topological polar surface area (TPSA) is 138 Å². The first-order chi connectivity index (χ1) is 15.6. The first-order valence-corrected chi connectivity index (χ1v) is 19.3. The van der Waals surface area contributed by atoms with Crippen LogP contribution < -0.4 is 16.4 Å². The second-order valence-corrected chi connectivity index (χ2v) is 23.3. The summed E-state index contributed by atoms with van der Waals surface area (Å²) in [6, 6.07) is -0.467.